The second-order valence-electron chi connectivity index (χ2n) is 7.99. The molecule has 2 aromatic rings. The van der Waals surface area contributed by atoms with E-state index < -0.39 is 16.1 Å². The lowest BCUT2D eigenvalue weighted by Crippen LogP contribution is -2.36. The molecule has 0 radical (unpaired) electrons. The molecular formula is C20H25N5O5S. The van der Waals surface area contributed by atoms with E-state index >= 15 is 0 Å². The Bertz CT molecular complexity index is 1140. The summed E-state index contributed by atoms with van der Waals surface area (Å²) in [5.41, 5.74) is 4.65. The summed E-state index contributed by atoms with van der Waals surface area (Å²) in [5.74, 6) is 0.571. The van der Waals surface area contributed by atoms with E-state index in [-0.39, 0.29) is 23.5 Å². The lowest BCUT2D eigenvalue weighted by Gasteiger charge is -2.24. The van der Waals surface area contributed by atoms with E-state index in [1.165, 1.54) is 22.0 Å². The number of nitrogens with one attached hydrogen (secondary N) is 2. The molecule has 0 aromatic carbocycles. The third-order valence-corrected chi connectivity index (χ3v) is 7.31. The van der Waals surface area contributed by atoms with Crippen LogP contribution >= 0.6 is 0 Å². The number of hydrogen-bond donors (Lipinski definition) is 2. The van der Waals surface area contributed by atoms with Crippen molar-refractivity contribution in [2.24, 2.45) is 0 Å². The minimum absolute atomic E-state index is 0.104. The van der Waals surface area contributed by atoms with E-state index in [4.69, 9.17) is 9.47 Å². The number of carbonyl (C=O) groups excluding carboxylic acids is 1. The van der Waals surface area contributed by atoms with Crippen molar-refractivity contribution in [1.82, 2.24) is 19.5 Å². The van der Waals surface area contributed by atoms with E-state index in [0.29, 0.717) is 19.0 Å². The zero-order chi connectivity index (χ0) is 21.6. The van der Waals surface area contributed by atoms with Crippen LogP contribution in [0.4, 0.5) is 10.6 Å². The molecule has 10 nitrogen and oxygen atoms in total. The summed E-state index contributed by atoms with van der Waals surface area (Å²) >= 11 is 0. The summed E-state index contributed by atoms with van der Waals surface area (Å²) in [7, 11) is -4.17. The summed E-state index contributed by atoms with van der Waals surface area (Å²) in [6, 6.07) is -0.845. The van der Waals surface area contributed by atoms with Crippen molar-refractivity contribution in [3.63, 3.8) is 0 Å². The quantitative estimate of drug-likeness (QED) is 0.713. The SMILES string of the molecule is CCOC1COc2c(S(=O)(=O)NC(=O)Nc3nc4c(c5c3CCC5)CCC4)cnn2C1. The van der Waals surface area contributed by atoms with Crippen LogP contribution in [0.15, 0.2) is 11.1 Å². The second kappa shape index (κ2) is 7.79. The van der Waals surface area contributed by atoms with E-state index in [1.54, 1.807) is 0 Å². The summed E-state index contributed by atoms with van der Waals surface area (Å²) < 4.78 is 40.3. The second-order valence-corrected chi connectivity index (χ2v) is 9.64. The molecule has 0 spiro atoms. The molecule has 1 unspecified atom stereocenters. The van der Waals surface area contributed by atoms with Crippen molar-refractivity contribution >= 4 is 21.9 Å². The number of carbonyl (C=O) groups is 1. The summed E-state index contributed by atoms with van der Waals surface area (Å²) in [5, 5.41) is 6.75. The van der Waals surface area contributed by atoms with Gasteiger partial charge in [-0.3, -0.25) is 5.32 Å². The Hall–Kier alpha value is -2.66. The molecule has 0 bridgehead atoms. The van der Waals surface area contributed by atoms with Crippen LogP contribution in [0.1, 0.15) is 42.1 Å². The zero-order valence-corrected chi connectivity index (χ0v) is 18.1. The molecule has 31 heavy (non-hydrogen) atoms. The average Bonchev–Trinajstić information content (AvgIpc) is 3.46. The third-order valence-electron chi connectivity index (χ3n) is 6.00. The minimum Gasteiger partial charge on any atom is -0.474 e. The molecule has 0 fully saturated rings. The number of sulfonamides is 1. The van der Waals surface area contributed by atoms with Gasteiger partial charge < -0.3 is 9.47 Å². The van der Waals surface area contributed by atoms with Crippen molar-refractivity contribution in [3.8, 4) is 5.88 Å². The molecule has 2 aromatic heterocycles. The van der Waals surface area contributed by atoms with Crippen LogP contribution in [-0.4, -0.2) is 48.5 Å². The molecular weight excluding hydrogens is 422 g/mol. The van der Waals surface area contributed by atoms with Crippen LogP contribution in [0, 0.1) is 0 Å². The number of ether oxygens (including phenoxy) is 2. The predicted molar refractivity (Wildman–Crippen MR) is 111 cm³/mol. The van der Waals surface area contributed by atoms with Gasteiger partial charge in [-0.2, -0.15) is 5.10 Å². The zero-order valence-electron chi connectivity index (χ0n) is 17.3. The fourth-order valence-electron chi connectivity index (χ4n) is 4.70. The van der Waals surface area contributed by atoms with E-state index in [2.05, 4.69) is 20.1 Å². The van der Waals surface area contributed by atoms with Gasteiger partial charge in [-0.05, 0) is 62.1 Å². The number of rotatable bonds is 5. The highest BCUT2D eigenvalue weighted by Gasteiger charge is 2.32. The summed E-state index contributed by atoms with van der Waals surface area (Å²) in [6.07, 6.45) is 6.81. The first kappa shape index (κ1) is 20.3. The number of fused-ring (bicyclic) bond motifs is 4. The smallest absolute Gasteiger partial charge is 0.334 e. The Morgan fingerprint density at radius 2 is 2.00 bits per heavy atom. The molecule has 1 aliphatic heterocycles. The maximum absolute atomic E-state index is 12.8. The maximum Gasteiger partial charge on any atom is 0.334 e. The Morgan fingerprint density at radius 1 is 1.23 bits per heavy atom. The first-order valence-corrected chi connectivity index (χ1v) is 12.1. The molecule has 3 aliphatic rings. The van der Waals surface area contributed by atoms with Gasteiger partial charge >= 0.3 is 6.03 Å². The van der Waals surface area contributed by atoms with E-state index in [0.717, 1.165) is 49.8 Å². The van der Waals surface area contributed by atoms with Gasteiger partial charge in [0.05, 0.1) is 12.7 Å². The van der Waals surface area contributed by atoms with Crippen molar-refractivity contribution in [2.45, 2.75) is 63.0 Å². The van der Waals surface area contributed by atoms with Crippen molar-refractivity contribution < 1.29 is 22.7 Å². The van der Waals surface area contributed by atoms with E-state index in [1.807, 2.05) is 6.92 Å². The normalized spacial score (nSPS) is 19.3. The topological polar surface area (TPSA) is 124 Å². The average molecular weight is 448 g/mol. The number of amides is 2. The van der Waals surface area contributed by atoms with Crippen LogP contribution < -0.4 is 14.8 Å². The van der Waals surface area contributed by atoms with Crippen LogP contribution in [0.3, 0.4) is 0 Å². The molecule has 166 valence electrons. The number of urea groups is 1. The van der Waals surface area contributed by atoms with Gasteiger partial charge in [-0.1, -0.05) is 0 Å². The fraction of sp³-hybridized carbons (Fsp3) is 0.550. The summed E-state index contributed by atoms with van der Waals surface area (Å²) in [4.78, 5) is 17.1. The van der Waals surface area contributed by atoms with Crippen LogP contribution in [-0.2, 0) is 47.0 Å². The monoisotopic (exact) mass is 447 g/mol. The number of aromatic nitrogens is 3. The van der Waals surface area contributed by atoms with Gasteiger partial charge in [0.2, 0.25) is 5.88 Å². The number of anilines is 1. The highest BCUT2D eigenvalue weighted by atomic mass is 32.2. The van der Waals surface area contributed by atoms with Crippen molar-refractivity contribution in [2.75, 3.05) is 18.5 Å². The number of hydrogen-bond acceptors (Lipinski definition) is 7. The van der Waals surface area contributed by atoms with Gasteiger partial charge in [-0.25, -0.2) is 27.6 Å². The van der Waals surface area contributed by atoms with Crippen LogP contribution in [0.5, 0.6) is 5.88 Å². The standard InChI is InChI=1S/C20H25N5O5S/c1-2-29-12-10-25-19(30-11-12)17(9-21-25)31(27,28)24-20(26)23-18-15-7-3-5-13(15)14-6-4-8-16(14)22-18/h9,12H,2-8,10-11H2,1H3,(H2,22,23,24,26). The molecule has 2 amide bonds. The molecule has 1 atom stereocenters. The Kier molecular flexibility index (Phi) is 5.09. The first-order valence-electron chi connectivity index (χ1n) is 10.6. The molecule has 2 N–H and O–H groups in total. The molecule has 2 aliphatic carbocycles. The predicted octanol–water partition coefficient (Wildman–Crippen LogP) is 1.56. The van der Waals surface area contributed by atoms with Gasteiger partial charge in [0, 0.05) is 12.3 Å². The Morgan fingerprint density at radius 3 is 2.84 bits per heavy atom. The fourth-order valence-corrected chi connectivity index (χ4v) is 5.69. The highest BCUT2D eigenvalue weighted by molar-refractivity contribution is 7.90. The lowest BCUT2D eigenvalue weighted by atomic mass is 10.0. The van der Waals surface area contributed by atoms with Crippen molar-refractivity contribution in [1.29, 1.82) is 0 Å². The summed E-state index contributed by atoms with van der Waals surface area (Å²) in [6.45, 7) is 3.01. The molecule has 3 heterocycles. The first-order chi connectivity index (χ1) is 15.0. The molecule has 0 saturated carbocycles. The highest BCUT2D eigenvalue weighted by Crippen LogP contribution is 2.36. The maximum atomic E-state index is 12.8. The lowest BCUT2D eigenvalue weighted by molar-refractivity contribution is -0.00761. The molecule has 5 rings (SSSR count). The minimum atomic E-state index is -4.17. The molecule has 11 heteroatoms. The van der Waals surface area contributed by atoms with Gasteiger partial charge in [0.25, 0.3) is 10.0 Å². The largest absolute Gasteiger partial charge is 0.474 e. The van der Waals surface area contributed by atoms with Gasteiger partial charge in [-0.15, -0.1) is 0 Å². The van der Waals surface area contributed by atoms with E-state index in [9.17, 15) is 13.2 Å². The number of aryl methyl sites for hydroxylation is 1. The molecule has 0 saturated heterocycles. The van der Waals surface area contributed by atoms with Gasteiger partial charge in [0.1, 0.15) is 18.5 Å². The third kappa shape index (κ3) is 3.65. The van der Waals surface area contributed by atoms with Crippen LogP contribution in [0.25, 0.3) is 0 Å². The van der Waals surface area contributed by atoms with Gasteiger partial charge in [0.15, 0.2) is 4.90 Å². The van der Waals surface area contributed by atoms with Crippen LogP contribution in [0.2, 0.25) is 0 Å². The van der Waals surface area contributed by atoms with Crippen molar-refractivity contribution in [3.05, 3.63) is 28.6 Å². The Balaban J connectivity index is 1.34. The Labute approximate surface area is 180 Å². The number of nitrogens with zero attached hydrogens (tertiary/aromatic N) is 3. The number of pyridine rings is 1.